The van der Waals surface area contributed by atoms with E-state index in [4.69, 9.17) is 0 Å². The van der Waals surface area contributed by atoms with Crippen LogP contribution < -0.4 is 10.6 Å². The molecular formula is C13H14N4O2. The van der Waals surface area contributed by atoms with Crippen molar-refractivity contribution in [3.05, 3.63) is 48.5 Å². The Kier molecular flexibility index (Phi) is 3.92. The molecule has 0 radical (unpaired) electrons. The number of carbonyl (C=O) groups is 2. The first-order valence-corrected chi connectivity index (χ1v) is 5.88. The highest BCUT2D eigenvalue weighted by Gasteiger charge is 2.07. The van der Waals surface area contributed by atoms with E-state index in [-0.39, 0.29) is 11.9 Å². The molecule has 0 spiro atoms. The van der Waals surface area contributed by atoms with Crippen molar-refractivity contribution in [1.29, 1.82) is 0 Å². The van der Waals surface area contributed by atoms with Crippen molar-refractivity contribution in [2.45, 2.75) is 6.92 Å². The molecule has 2 rings (SSSR count). The Morgan fingerprint density at radius 2 is 2.21 bits per heavy atom. The highest BCUT2D eigenvalue weighted by molar-refractivity contribution is 5.97. The maximum atomic E-state index is 11.8. The molecule has 6 heteroatoms. The van der Waals surface area contributed by atoms with Gasteiger partial charge in [-0.2, -0.15) is 0 Å². The highest BCUT2D eigenvalue weighted by atomic mass is 16.2. The number of nitrogens with zero attached hydrogens (tertiary/aromatic N) is 2. The van der Waals surface area contributed by atoms with Crippen molar-refractivity contribution in [3.8, 4) is 0 Å². The molecule has 0 saturated carbocycles. The summed E-state index contributed by atoms with van der Waals surface area (Å²) in [5.41, 5.74) is 1.06. The molecular weight excluding hydrogens is 244 g/mol. The SMILES string of the molecule is CCNC(=O)c1cccc(NC(=O)n2ccnc2)c1. The maximum Gasteiger partial charge on any atom is 0.331 e. The monoisotopic (exact) mass is 258 g/mol. The Bertz CT molecular complexity index is 578. The number of hydrogen-bond acceptors (Lipinski definition) is 3. The standard InChI is InChI=1S/C13H14N4O2/c1-2-15-12(18)10-4-3-5-11(8-10)16-13(19)17-7-6-14-9-17/h3-9H,2H2,1H3,(H,15,18)(H,16,19). The molecule has 0 unspecified atom stereocenters. The fourth-order valence-corrected chi connectivity index (χ4v) is 1.57. The van der Waals surface area contributed by atoms with Crippen LogP contribution in [0.1, 0.15) is 17.3 Å². The van der Waals surface area contributed by atoms with Gasteiger partial charge in [-0.15, -0.1) is 0 Å². The number of anilines is 1. The molecule has 0 atom stereocenters. The van der Waals surface area contributed by atoms with Gasteiger partial charge < -0.3 is 10.6 Å². The van der Waals surface area contributed by atoms with Gasteiger partial charge in [-0.3, -0.25) is 9.36 Å². The molecule has 2 aromatic rings. The van der Waals surface area contributed by atoms with Crippen LogP contribution in [-0.4, -0.2) is 28.0 Å². The van der Waals surface area contributed by atoms with Gasteiger partial charge in [0, 0.05) is 30.2 Å². The summed E-state index contributed by atoms with van der Waals surface area (Å²) in [5.74, 6) is -0.166. The minimum atomic E-state index is -0.328. The molecule has 19 heavy (non-hydrogen) atoms. The van der Waals surface area contributed by atoms with Gasteiger partial charge in [-0.1, -0.05) is 6.07 Å². The molecule has 0 aliphatic rings. The van der Waals surface area contributed by atoms with Crippen LogP contribution in [0.3, 0.4) is 0 Å². The molecule has 0 fully saturated rings. The zero-order valence-electron chi connectivity index (χ0n) is 10.5. The maximum absolute atomic E-state index is 11.8. The zero-order chi connectivity index (χ0) is 13.7. The van der Waals surface area contributed by atoms with E-state index < -0.39 is 0 Å². The lowest BCUT2D eigenvalue weighted by Crippen LogP contribution is -2.23. The van der Waals surface area contributed by atoms with Gasteiger partial charge in [0.15, 0.2) is 0 Å². The van der Waals surface area contributed by atoms with Crippen molar-refractivity contribution in [2.75, 3.05) is 11.9 Å². The van der Waals surface area contributed by atoms with Gasteiger partial charge in [0.25, 0.3) is 5.91 Å². The minimum Gasteiger partial charge on any atom is -0.352 e. The second-order valence-electron chi connectivity index (χ2n) is 3.84. The normalized spacial score (nSPS) is 9.95. The summed E-state index contributed by atoms with van der Waals surface area (Å²) in [4.78, 5) is 27.3. The van der Waals surface area contributed by atoms with Gasteiger partial charge in [0.2, 0.25) is 0 Å². The quantitative estimate of drug-likeness (QED) is 0.880. The van der Waals surface area contributed by atoms with Crippen LogP contribution in [-0.2, 0) is 0 Å². The predicted octanol–water partition coefficient (Wildman–Crippen LogP) is 1.71. The van der Waals surface area contributed by atoms with Crippen molar-refractivity contribution >= 4 is 17.6 Å². The lowest BCUT2D eigenvalue weighted by molar-refractivity contribution is 0.0956. The average Bonchev–Trinajstić information content (AvgIpc) is 2.93. The third-order valence-electron chi connectivity index (χ3n) is 2.45. The van der Waals surface area contributed by atoms with Crippen molar-refractivity contribution in [2.24, 2.45) is 0 Å². The minimum absolute atomic E-state index is 0.166. The molecule has 1 aromatic carbocycles. The number of amides is 2. The van der Waals surface area contributed by atoms with Crippen molar-refractivity contribution < 1.29 is 9.59 Å². The number of carbonyl (C=O) groups excluding carboxylic acids is 2. The van der Waals surface area contributed by atoms with Gasteiger partial charge >= 0.3 is 6.03 Å². The number of hydrogen-bond donors (Lipinski definition) is 2. The third-order valence-corrected chi connectivity index (χ3v) is 2.45. The van der Waals surface area contributed by atoms with E-state index in [0.717, 1.165) is 0 Å². The summed E-state index contributed by atoms with van der Waals surface area (Å²) < 4.78 is 1.32. The van der Waals surface area contributed by atoms with E-state index in [1.54, 1.807) is 30.5 Å². The Balaban J connectivity index is 2.11. The first kappa shape index (κ1) is 12.8. The van der Waals surface area contributed by atoms with Gasteiger partial charge in [-0.05, 0) is 25.1 Å². The fourth-order valence-electron chi connectivity index (χ4n) is 1.57. The van der Waals surface area contributed by atoms with E-state index in [1.807, 2.05) is 6.92 Å². The van der Waals surface area contributed by atoms with Crippen LogP contribution in [0, 0.1) is 0 Å². The molecule has 0 bridgehead atoms. The summed E-state index contributed by atoms with van der Waals surface area (Å²) in [6, 6.07) is 6.43. The highest BCUT2D eigenvalue weighted by Crippen LogP contribution is 2.11. The number of rotatable bonds is 3. The molecule has 1 aromatic heterocycles. The number of imidazole rings is 1. The summed E-state index contributed by atoms with van der Waals surface area (Å²) in [5, 5.41) is 5.39. The van der Waals surface area contributed by atoms with Crippen LogP contribution in [0.5, 0.6) is 0 Å². The van der Waals surface area contributed by atoms with E-state index in [1.165, 1.54) is 17.1 Å². The summed E-state index contributed by atoms with van der Waals surface area (Å²) in [7, 11) is 0. The van der Waals surface area contributed by atoms with Crippen LogP contribution in [0.2, 0.25) is 0 Å². The summed E-state index contributed by atoms with van der Waals surface area (Å²) >= 11 is 0. The summed E-state index contributed by atoms with van der Waals surface area (Å²) in [6.07, 6.45) is 4.47. The number of aromatic nitrogens is 2. The van der Waals surface area contributed by atoms with Gasteiger partial charge in [0.05, 0.1) is 0 Å². The number of benzene rings is 1. The molecule has 2 N–H and O–H groups in total. The van der Waals surface area contributed by atoms with Gasteiger partial charge in [-0.25, -0.2) is 9.78 Å². The van der Waals surface area contributed by atoms with E-state index in [0.29, 0.717) is 17.8 Å². The second-order valence-corrected chi connectivity index (χ2v) is 3.84. The number of nitrogens with one attached hydrogen (secondary N) is 2. The smallest absolute Gasteiger partial charge is 0.331 e. The molecule has 1 heterocycles. The Labute approximate surface area is 110 Å². The second kappa shape index (κ2) is 5.81. The van der Waals surface area contributed by atoms with E-state index in [2.05, 4.69) is 15.6 Å². The van der Waals surface area contributed by atoms with Crippen LogP contribution >= 0.6 is 0 Å². The van der Waals surface area contributed by atoms with Crippen molar-refractivity contribution in [1.82, 2.24) is 14.9 Å². The molecule has 98 valence electrons. The fraction of sp³-hybridized carbons (Fsp3) is 0.154. The van der Waals surface area contributed by atoms with Crippen molar-refractivity contribution in [3.63, 3.8) is 0 Å². The molecule has 0 aliphatic carbocycles. The summed E-state index contributed by atoms with van der Waals surface area (Å²) in [6.45, 7) is 2.41. The Hall–Kier alpha value is -2.63. The Morgan fingerprint density at radius 1 is 1.37 bits per heavy atom. The molecule has 2 amide bonds. The predicted molar refractivity (Wildman–Crippen MR) is 71.1 cm³/mol. The van der Waals surface area contributed by atoms with Crippen LogP contribution in [0.25, 0.3) is 0 Å². The third kappa shape index (κ3) is 3.19. The van der Waals surface area contributed by atoms with E-state index >= 15 is 0 Å². The lowest BCUT2D eigenvalue weighted by Gasteiger charge is -2.07. The topological polar surface area (TPSA) is 76.0 Å². The zero-order valence-corrected chi connectivity index (χ0v) is 10.5. The lowest BCUT2D eigenvalue weighted by atomic mass is 10.2. The van der Waals surface area contributed by atoms with Gasteiger partial charge in [0.1, 0.15) is 6.33 Å². The Morgan fingerprint density at radius 3 is 2.89 bits per heavy atom. The molecule has 0 aliphatic heterocycles. The van der Waals surface area contributed by atoms with Crippen LogP contribution in [0.15, 0.2) is 43.0 Å². The average molecular weight is 258 g/mol. The largest absolute Gasteiger partial charge is 0.352 e. The first-order valence-electron chi connectivity index (χ1n) is 5.88. The molecule has 0 saturated heterocycles. The van der Waals surface area contributed by atoms with E-state index in [9.17, 15) is 9.59 Å². The van der Waals surface area contributed by atoms with Crippen LogP contribution in [0.4, 0.5) is 10.5 Å². The first-order chi connectivity index (χ1) is 9.20. The molecule has 6 nitrogen and oxygen atoms in total.